The molecule has 0 nitrogen and oxygen atoms in total. The van der Waals surface area contributed by atoms with E-state index in [-0.39, 0.29) is 0 Å². The molecule has 0 N–H and O–H groups in total. The Morgan fingerprint density at radius 1 is 1.15 bits per heavy atom. The van der Waals surface area contributed by atoms with Gasteiger partial charge in [0.2, 0.25) is 0 Å². The van der Waals surface area contributed by atoms with Crippen LogP contribution in [-0.2, 0) is 11.8 Å². The molecule has 0 heterocycles. The third-order valence-corrected chi connectivity index (χ3v) is 13.1. The largest absolute Gasteiger partial charge is 0.0995 e. The monoisotopic (exact) mass is 456 g/mol. The van der Waals surface area contributed by atoms with Gasteiger partial charge in [-0.2, -0.15) is 0 Å². The predicted octanol–water partition coefficient (Wildman–Crippen LogP) is 9.29. The molecule has 6 aliphatic carbocycles. The fraction of sp³-hybridized carbons (Fsp3) is 0.765. The summed E-state index contributed by atoms with van der Waals surface area (Å²) in [5.74, 6) is 5.23. The number of rotatable bonds is 6. The highest BCUT2D eigenvalue weighted by Crippen LogP contribution is 2.79. The van der Waals surface area contributed by atoms with E-state index in [4.69, 9.17) is 6.58 Å². The van der Waals surface area contributed by atoms with Crippen LogP contribution >= 0.6 is 0 Å². The fourth-order valence-electron chi connectivity index (χ4n) is 11.5. The molecule has 7 rings (SSSR count). The van der Waals surface area contributed by atoms with E-state index in [1.807, 2.05) is 11.1 Å². The van der Waals surface area contributed by atoms with Crippen LogP contribution in [0.25, 0.3) is 0 Å². The van der Waals surface area contributed by atoms with Gasteiger partial charge in [0.05, 0.1) is 0 Å². The molecular formula is C34H48. The van der Waals surface area contributed by atoms with Crippen molar-refractivity contribution >= 4 is 0 Å². The topological polar surface area (TPSA) is 0 Å². The molecule has 0 aromatic heterocycles. The van der Waals surface area contributed by atoms with Gasteiger partial charge in [-0.25, -0.2) is 0 Å². The minimum Gasteiger partial charge on any atom is -0.0995 e. The first-order valence-corrected chi connectivity index (χ1v) is 15.1. The van der Waals surface area contributed by atoms with Crippen molar-refractivity contribution in [2.45, 2.75) is 122 Å². The molecule has 0 aliphatic heterocycles. The summed E-state index contributed by atoms with van der Waals surface area (Å²) in [7, 11) is 0. The van der Waals surface area contributed by atoms with Crippen LogP contribution in [0.3, 0.4) is 0 Å². The highest BCUT2D eigenvalue weighted by atomic mass is 14.8. The van der Waals surface area contributed by atoms with Gasteiger partial charge in [-0.3, -0.25) is 0 Å². The van der Waals surface area contributed by atoms with Crippen molar-refractivity contribution in [1.29, 1.82) is 0 Å². The van der Waals surface area contributed by atoms with Gasteiger partial charge in [0.25, 0.3) is 0 Å². The van der Waals surface area contributed by atoms with Gasteiger partial charge >= 0.3 is 0 Å². The number of fused-ring (bicyclic) bond motifs is 5. The van der Waals surface area contributed by atoms with Crippen LogP contribution < -0.4 is 0 Å². The standard InChI is InChI=1S/C34H48/c1-21(7-6-8-25-10-11-25)18-33-19-28-12-9-22(2)29-26-13-14-27(17-26)30-23(3)15-16-32(5,24(33)4)34(30,20-33)31(28)29/h9,12,21,24-27,30H,3,6-8,10-11,13-20H2,1-2,4-5H3. The first kappa shape index (κ1) is 22.2. The Kier molecular flexibility index (Phi) is 4.74. The zero-order valence-corrected chi connectivity index (χ0v) is 22.5. The van der Waals surface area contributed by atoms with E-state index in [9.17, 15) is 0 Å². The van der Waals surface area contributed by atoms with Crippen LogP contribution in [0.4, 0.5) is 0 Å². The lowest BCUT2D eigenvalue weighted by Gasteiger charge is -2.58. The average molecular weight is 457 g/mol. The summed E-state index contributed by atoms with van der Waals surface area (Å²) < 4.78 is 0. The molecule has 34 heavy (non-hydrogen) atoms. The SMILES string of the molecule is C=C1CCC2(C)C(C)C3(CC(C)CCCC4CC4)Cc4ccc(C)c5c4C2(C3)C1C1CCC5C1. The van der Waals surface area contributed by atoms with Crippen molar-refractivity contribution in [3.05, 3.63) is 46.5 Å². The second-order valence-corrected chi connectivity index (χ2v) is 14.7. The number of hydrogen-bond acceptors (Lipinski definition) is 0. The van der Waals surface area contributed by atoms with Gasteiger partial charge in [-0.15, -0.1) is 0 Å². The fourth-order valence-corrected chi connectivity index (χ4v) is 11.5. The Morgan fingerprint density at radius 2 is 1.97 bits per heavy atom. The van der Waals surface area contributed by atoms with Crippen molar-refractivity contribution in [2.24, 2.45) is 40.4 Å². The molecule has 1 spiro atoms. The van der Waals surface area contributed by atoms with Crippen molar-refractivity contribution in [2.75, 3.05) is 0 Å². The first-order valence-electron chi connectivity index (χ1n) is 15.1. The summed E-state index contributed by atoms with van der Waals surface area (Å²) in [5, 5.41) is 0. The lowest BCUT2D eigenvalue weighted by atomic mass is 9.45. The van der Waals surface area contributed by atoms with Crippen LogP contribution in [0, 0.1) is 47.3 Å². The Morgan fingerprint density at radius 3 is 2.76 bits per heavy atom. The van der Waals surface area contributed by atoms with Gasteiger partial charge < -0.3 is 0 Å². The molecule has 6 aliphatic rings. The van der Waals surface area contributed by atoms with Crippen LogP contribution in [0.2, 0.25) is 0 Å². The van der Waals surface area contributed by atoms with Gasteiger partial charge in [0.1, 0.15) is 0 Å². The molecule has 0 radical (unpaired) electrons. The molecule has 0 heteroatoms. The number of hydrogen-bond donors (Lipinski definition) is 0. The van der Waals surface area contributed by atoms with E-state index in [0.29, 0.717) is 16.2 Å². The Labute approximate surface area is 209 Å². The lowest BCUT2D eigenvalue weighted by molar-refractivity contribution is 0.0243. The van der Waals surface area contributed by atoms with Crippen molar-refractivity contribution in [3.8, 4) is 0 Å². The van der Waals surface area contributed by atoms with Crippen LogP contribution in [-0.4, -0.2) is 0 Å². The Bertz CT molecular complexity index is 1030. The van der Waals surface area contributed by atoms with Gasteiger partial charge in [0.15, 0.2) is 0 Å². The average Bonchev–Trinajstić information content (AvgIpc) is 3.49. The zero-order chi connectivity index (χ0) is 23.5. The maximum Gasteiger partial charge on any atom is 0.00886 e. The molecule has 0 saturated heterocycles. The van der Waals surface area contributed by atoms with Crippen molar-refractivity contribution < 1.29 is 0 Å². The van der Waals surface area contributed by atoms with E-state index in [2.05, 4.69) is 39.8 Å². The molecule has 8 unspecified atom stereocenters. The molecule has 8 atom stereocenters. The quantitative estimate of drug-likeness (QED) is 0.374. The Hall–Kier alpha value is -1.04. The van der Waals surface area contributed by atoms with E-state index in [0.717, 1.165) is 35.5 Å². The number of benzene rings is 1. The highest BCUT2D eigenvalue weighted by molar-refractivity contribution is 5.57. The molecule has 1 aromatic rings. The molecule has 4 bridgehead atoms. The summed E-state index contributed by atoms with van der Waals surface area (Å²) in [5.41, 5.74) is 10.1. The zero-order valence-electron chi connectivity index (χ0n) is 22.5. The normalized spacial score (nSPS) is 44.6. The smallest absolute Gasteiger partial charge is 0.00886 e. The second-order valence-electron chi connectivity index (χ2n) is 14.7. The summed E-state index contributed by atoms with van der Waals surface area (Å²) in [6, 6.07) is 5.13. The molecular weight excluding hydrogens is 408 g/mol. The van der Waals surface area contributed by atoms with Crippen LogP contribution in [0.5, 0.6) is 0 Å². The van der Waals surface area contributed by atoms with E-state index in [1.54, 1.807) is 16.7 Å². The van der Waals surface area contributed by atoms with Crippen LogP contribution in [0.15, 0.2) is 24.3 Å². The van der Waals surface area contributed by atoms with Gasteiger partial charge in [-0.1, -0.05) is 77.2 Å². The maximum atomic E-state index is 4.85. The van der Waals surface area contributed by atoms with Crippen molar-refractivity contribution in [1.82, 2.24) is 0 Å². The summed E-state index contributed by atoms with van der Waals surface area (Å²) in [4.78, 5) is 0. The second kappa shape index (κ2) is 7.26. The molecule has 184 valence electrons. The van der Waals surface area contributed by atoms with Crippen molar-refractivity contribution in [3.63, 3.8) is 0 Å². The van der Waals surface area contributed by atoms with E-state index >= 15 is 0 Å². The molecule has 4 fully saturated rings. The summed E-state index contributed by atoms with van der Waals surface area (Å²) >= 11 is 0. The Balaban J connectivity index is 1.37. The van der Waals surface area contributed by atoms with E-state index < -0.39 is 0 Å². The predicted molar refractivity (Wildman–Crippen MR) is 143 cm³/mol. The minimum absolute atomic E-state index is 0.365. The summed E-state index contributed by atoms with van der Waals surface area (Å²) in [6.07, 6.45) is 18.8. The molecule has 4 saturated carbocycles. The number of allylic oxidation sites excluding steroid dienone is 1. The van der Waals surface area contributed by atoms with Gasteiger partial charge in [-0.05, 0) is 127 Å². The third kappa shape index (κ3) is 2.73. The maximum absolute atomic E-state index is 4.85. The first-order chi connectivity index (χ1) is 16.3. The third-order valence-electron chi connectivity index (χ3n) is 13.1. The van der Waals surface area contributed by atoms with Gasteiger partial charge in [0, 0.05) is 5.41 Å². The summed E-state index contributed by atoms with van der Waals surface area (Å²) in [6.45, 7) is 15.4. The van der Waals surface area contributed by atoms with E-state index in [1.165, 1.54) is 83.5 Å². The van der Waals surface area contributed by atoms with Crippen LogP contribution in [0.1, 0.15) is 126 Å². The highest BCUT2D eigenvalue weighted by Gasteiger charge is 2.73. The lowest BCUT2D eigenvalue weighted by Crippen LogP contribution is -2.53. The molecule has 0 amide bonds. The molecule has 1 aromatic carbocycles. The minimum atomic E-state index is 0.365. The number of aryl methyl sites for hydroxylation is 1.